The Hall–Kier alpha value is -3.09. The SMILES string of the molecule is Cc1cc(-c2ccc(CC(=O)N(C)c3ccc(CN4CCN[C@@H](C)C4)cc3)cn2)ccn1. The number of carbonyl (C=O) groups excluding carboxylic acids is 1. The van der Waals surface area contributed by atoms with Gasteiger partial charge in [-0.1, -0.05) is 18.2 Å². The van der Waals surface area contributed by atoms with E-state index in [-0.39, 0.29) is 5.91 Å². The molecule has 0 spiro atoms. The standard InChI is InChI=1S/C26H31N5O/c1-19-14-23(10-11-27-19)25-9-6-22(16-29-25)15-26(32)30(3)24-7-4-21(5-8-24)18-31-13-12-28-20(2)17-31/h4-11,14,16,20,28H,12-13,15,17-18H2,1-3H3/t20-/m0/s1. The molecule has 32 heavy (non-hydrogen) atoms. The van der Waals surface area contributed by atoms with Crippen molar-refractivity contribution in [1.82, 2.24) is 20.2 Å². The van der Waals surface area contributed by atoms with Gasteiger partial charge in [-0.25, -0.2) is 0 Å². The Kier molecular flexibility index (Phi) is 6.93. The molecule has 1 saturated heterocycles. The van der Waals surface area contributed by atoms with Gasteiger partial charge in [-0.15, -0.1) is 0 Å². The van der Waals surface area contributed by atoms with E-state index < -0.39 is 0 Å². The minimum Gasteiger partial charge on any atom is -0.315 e. The molecule has 1 amide bonds. The third-order valence-electron chi connectivity index (χ3n) is 5.93. The molecular formula is C26H31N5O. The summed E-state index contributed by atoms with van der Waals surface area (Å²) < 4.78 is 0. The van der Waals surface area contributed by atoms with E-state index in [0.29, 0.717) is 12.5 Å². The van der Waals surface area contributed by atoms with E-state index in [0.717, 1.165) is 54.4 Å². The molecule has 3 heterocycles. The lowest BCUT2D eigenvalue weighted by molar-refractivity contribution is -0.117. The Morgan fingerprint density at radius 3 is 2.59 bits per heavy atom. The maximum Gasteiger partial charge on any atom is 0.231 e. The zero-order chi connectivity index (χ0) is 22.5. The van der Waals surface area contributed by atoms with Crippen LogP contribution in [0, 0.1) is 6.92 Å². The fraction of sp³-hybridized carbons (Fsp3) is 0.346. The third kappa shape index (κ3) is 5.58. The number of aromatic nitrogens is 2. The van der Waals surface area contributed by atoms with Crippen LogP contribution >= 0.6 is 0 Å². The summed E-state index contributed by atoms with van der Waals surface area (Å²) in [5.41, 5.74) is 5.95. The number of carbonyl (C=O) groups is 1. The predicted molar refractivity (Wildman–Crippen MR) is 129 cm³/mol. The van der Waals surface area contributed by atoms with Crippen molar-refractivity contribution in [3.05, 3.63) is 77.7 Å². The molecule has 6 heteroatoms. The Bertz CT molecular complexity index is 1050. The first-order valence-electron chi connectivity index (χ1n) is 11.2. The number of pyridine rings is 2. The maximum absolute atomic E-state index is 12.8. The molecule has 2 aromatic heterocycles. The number of piperazine rings is 1. The van der Waals surface area contributed by atoms with Gasteiger partial charge in [0.05, 0.1) is 12.1 Å². The number of benzene rings is 1. The second kappa shape index (κ2) is 10.0. The predicted octanol–water partition coefficient (Wildman–Crippen LogP) is 3.45. The van der Waals surface area contributed by atoms with Gasteiger partial charge < -0.3 is 10.2 Å². The summed E-state index contributed by atoms with van der Waals surface area (Å²) in [6, 6.07) is 16.7. The van der Waals surface area contributed by atoms with Crippen LogP contribution in [0.15, 0.2) is 60.9 Å². The smallest absolute Gasteiger partial charge is 0.231 e. The van der Waals surface area contributed by atoms with Crippen molar-refractivity contribution in [3.63, 3.8) is 0 Å². The highest BCUT2D eigenvalue weighted by atomic mass is 16.2. The number of aryl methyl sites for hydroxylation is 1. The molecule has 1 aliphatic rings. The van der Waals surface area contributed by atoms with Crippen LogP contribution in [0.1, 0.15) is 23.7 Å². The molecule has 1 aromatic carbocycles. The Balaban J connectivity index is 1.35. The molecule has 1 atom stereocenters. The molecule has 0 bridgehead atoms. The Labute approximate surface area is 190 Å². The first-order valence-corrected chi connectivity index (χ1v) is 11.2. The normalized spacial score (nSPS) is 16.7. The molecule has 4 rings (SSSR count). The number of amides is 1. The average Bonchev–Trinajstić information content (AvgIpc) is 2.79. The van der Waals surface area contributed by atoms with Gasteiger partial charge in [0.1, 0.15) is 0 Å². The molecule has 166 valence electrons. The highest BCUT2D eigenvalue weighted by Gasteiger charge is 2.16. The van der Waals surface area contributed by atoms with Gasteiger partial charge in [0.2, 0.25) is 5.91 Å². The molecule has 6 nitrogen and oxygen atoms in total. The summed E-state index contributed by atoms with van der Waals surface area (Å²) in [6.07, 6.45) is 3.89. The minimum atomic E-state index is 0.0444. The van der Waals surface area contributed by atoms with E-state index in [2.05, 4.69) is 39.2 Å². The lowest BCUT2D eigenvalue weighted by Crippen LogP contribution is -2.48. The van der Waals surface area contributed by atoms with Crippen molar-refractivity contribution in [2.75, 3.05) is 31.6 Å². The van der Waals surface area contributed by atoms with E-state index in [1.54, 1.807) is 17.3 Å². The molecule has 3 aromatic rings. The molecule has 0 unspecified atom stereocenters. The third-order valence-corrected chi connectivity index (χ3v) is 5.93. The van der Waals surface area contributed by atoms with E-state index in [1.165, 1.54) is 5.56 Å². The number of likely N-dealkylation sites (N-methyl/N-ethyl adjacent to an activating group) is 1. The summed E-state index contributed by atoms with van der Waals surface area (Å²) in [6.45, 7) is 8.29. The van der Waals surface area contributed by atoms with E-state index >= 15 is 0 Å². The highest BCUT2D eigenvalue weighted by Crippen LogP contribution is 2.19. The molecule has 0 aliphatic carbocycles. The number of nitrogens with zero attached hydrogens (tertiary/aromatic N) is 4. The van der Waals surface area contributed by atoms with Gasteiger partial charge in [0.15, 0.2) is 0 Å². The Morgan fingerprint density at radius 1 is 1.12 bits per heavy atom. The second-order valence-electron chi connectivity index (χ2n) is 8.62. The van der Waals surface area contributed by atoms with Gasteiger partial charge in [0, 0.05) is 68.6 Å². The van der Waals surface area contributed by atoms with Crippen molar-refractivity contribution in [3.8, 4) is 11.3 Å². The first kappa shape index (κ1) is 22.1. The fourth-order valence-corrected chi connectivity index (χ4v) is 4.08. The molecule has 1 N–H and O–H groups in total. The van der Waals surface area contributed by atoms with Crippen LogP contribution in [-0.4, -0.2) is 53.5 Å². The quantitative estimate of drug-likeness (QED) is 0.650. The molecule has 1 fully saturated rings. The zero-order valence-corrected chi connectivity index (χ0v) is 19.1. The van der Waals surface area contributed by atoms with Gasteiger partial charge >= 0.3 is 0 Å². The molecule has 0 saturated carbocycles. The van der Waals surface area contributed by atoms with Crippen LogP contribution in [0.25, 0.3) is 11.3 Å². The number of anilines is 1. The summed E-state index contributed by atoms with van der Waals surface area (Å²) in [5, 5.41) is 3.47. The lowest BCUT2D eigenvalue weighted by atomic mass is 10.1. The summed E-state index contributed by atoms with van der Waals surface area (Å²) in [4.78, 5) is 25.8. The van der Waals surface area contributed by atoms with E-state index in [4.69, 9.17) is 0 Å². The monoisotopic (exact) mass is 429 g/mol. The van der Waals surface area contributed by atoms with E-state index in [9.17, 15) is 4.79 Å². The van der Waals surface area contributed by atoms with Crippen LogP contribution in [0.5, 0.6) is 0 Å². The number of hydrogen-bond donors (Lipinski definition) is 1. The van der Waals surface area contributed by atoms with Crippen molar-refractivity contribution >= 4 is 11.6 Å². The van der Waals surface area contributed by atoms with Gasteiger partial charge in [-0.05, 0) is 55.3 Å². The van der Waals surface area contributed by atoms with Crippen LogP contribution < -0.4 is 10.2 Å². The second-order valence-corrected chi connectivity index (χ2v) is 8.62. The summed E-state index contributed by atoms with van der Waals surface area (Å²) >= 11 is 0. The topological polar surface area (TPSA) is 61.4 Å². The van der Waals surface area contributed by atoms with Crippen LogP contribution in [0.4, 0.5) is 5.69 Å². The van der Waals surface area contributed by atoms with Crippen LogP contribution in [0.2, 0.25) is 0 Å². The number of nitrogens with one attached hydrogen (secondary N) is 1. The van der Waals surface area contributed by atoms with Gasteiger partial charge in [0.25, 0.3) is 0 Å². The average molecular weight is 430 g/mol. The largest absolute Gasteiger partial charge is 0.315 e. The summed E-state index contributed by atoms with van der Waals surface area (Å²) in [5.74, 6) is 0.0444. The summed E-state index contributed by atoms with van der Waals surface area (Å²) in [7, 11) is 1.83. The molecule has 1 aliphatic heterocycles. The van der Waals surface area contributed by atoms with Gasteiger partial charge in [-0.2, -0.15) is 0 Å². The van der Waals surface area contributed by atoms with Crippen LogP contribution in [0.3, 0.4) is 0 Å². The number of hydrogen-bond acceptors (Lipinski definition) is 5. The molecular weight excluding hydrogens is 398 g/mol. The molecule has 0 radical (unpaired) electrons. The van der Waals surface area contributed by atoms with Crippen molar-refractivity contribution in [1.29, 1.82) is 0 Å². The van der Waals surface area contributed by atoms with Gasteiger partial charge in [-0.3, -0.25) is 19.7 Å². The first-order chi connectivity index (χ1) is 15.5. The lowest BCUT2D eigenvalue weighted by Gasteiger charge is -2.31. The van der Waals surface area contributed by atoms with Crippen molar-refractivity contribution < 1.29 is 4.79 Å². The maximum atomic E-state index is 12.8. The Morgan fingerprint density at radius 2 is 1.91 bits per heavy atom. The highest BCUT2D eigenvalue weighted by molar-refractivity contribution is 5.94. The van der Waals surface area contributed by atoms with Crippen molar-refractivity contribution in [2.24, 2.45) is 0 Å². The fourth-order valence-electron chi connectivity index (χ4n) is 4.08. The van der Waals surface area contributed by atoms with E-state index in [1.807, 2.05) is 50.4 Å². The minimum absolute atomic E-state index is 0.0444. The van der Waals surface area contributed by atoms with Crippen LogP contribution in [-0.2, 0) is 17.8 Å². The number of rotatable bonds is 6. The zero-order valence-electron chi connectivity index (χ0n) is 19.1. The van der Waals surface area contributed by atoms with Crippen molar-refractivity contribution in [2.45, 2.75) is 32.9 Å².